The summed E-state index contributed by atoms with van der Waals surface area (Å²) in [7, 11) is -3.70. The number of sulfonamides is 1. The van der Waals surface area contributed by atoms with Crippen LogP contribution in [0.1, 0.15) is 10.4 Å². The van der Waals surface area contributed by atoms with Gasteiger partial charge in [0, 0.05) is 10.6 Å². The molecule has 0 aliphatic carbocycles. The first-order chi connectivity index (χ1) is 12.0. The van der Waals surface area contributed by atoms with Gasteiger partial charge in [0.05, 0.1) is 11.4 Å². The van der Waals surface area contributed by atoms with Gasteiger partial charge in [-0.15, -0.1) is 11.3 Å². The number of amides is 1. The van der Waals surface area contributed by atoms with E-state index in [2.05, 4.69) is 10.0 Å². The molecule has 0 saturated carbocycles. The van der Waals surface area contributed by atoms with Crippen molar-refractivity contribution in [1.82, 2.24) is 0 Å². The molecule has 0 fully saturated rings. The molecule has 0 atom stereocenters. The minimum Gasteiger partial charge on any atom is -0.320 e. The van der Waals surface area contributed by atoms with E-state index in [0.29, 0.717) is 22.0 Å². The van der Waals surface area contributed by atoms with Crippen LogP contribution in [-0.2, 0) is 10.0 Å². The highest BCUT2D eigenvalue weighted by Gasteiger charge is 2.17. The predicted octanol–water partition coefficient (Wildman–Crippen LogP) is 4.45. The smallest absolute Gasteiger partial charge is 0.271 e. The number of rotatable bonds is 5. The second-order valence-electron chi connectivity index (χ2n) is 5.04. The fourth-order valence-electron chi connectivity index (χ4n) is 2.09. The van der Waals surface area contributed by atoms with Gasteiger partial charge in [0.15, 0.2) is 0 Å². The van der Waals surface area contributed by atoms with Crippen LogP contribution in [-0.4, -0.2) is 14.3 Å². The number of benzene rings is 2. The summed E-state index contributed by atoms with van der Waals surface area (Å²) < 4.78 is 27.5. The largest absolute Gasteiger partial charge is 0.320 e. The molecule has 0 radical (unpaired) electrons. The number of hydrogen-bond donors (Lipinski definition) is 2. The molecule has 3 rings (SSSR count). The predicted molar refractivity (Wildman–Crippen MR) is 101 cm³/mol. The van der Waals surface area contributed by atoms with Crippen LogP contribution in [0.5, 0.6) is 0 Å². The highest BCUT2D eigenvalue weighted by Crippen LogP contribution is 2.26. The van der Waals surface area contributed by atoms with Crippen LogP contribution >= 0.6 is 22.9 Å². The van der Waals surface area contributed by atoms with Gasteiger partial charge in [-0.05, 0) is 47.8 Å². The molecule has 5 nitrogen and oxygen atoms in total. The van der Waals surface area contributed by atoms with Gasteiger partial charge >= 0.3 is 0 Å². The Labute approximate surface area is 154 Å². The zero-order chi connectivity index (χ0) is 17.9. The maximum absolute atomic E-state index is 12.4. The normalized spacial score (nSPS) is 11.1. The van der Waals surface area contributed by atoms with E-state index >= 15 is 0 Å². The van der Waals surface area contributed by atoms with Crippen LogP contribution in [0.3, 0.4) is 0 Å². The van der Waals surface area contributed by atoms with Gasteiger partial charge in [-0.2, -0.15) is 0 Å². The number of hydrogen-bond acceptors (Lipinski definition) is 4. The Hall–Kier alpha value is -2.35. The lowest BCUT2D eigenvalue weighted by Gasteiger charge is -2.13. The van der Waals surface area contributed by atoms with E-state index in [0.717, 1.165) is 11.3 Å². The second kappa shape index (κ2) is 7.26. The first kappa shape index (κ1) is 17.5. The Morgan fingerprint density at radius 2 is 1.60 bits per heavy atom. The Morgan fingerprint density at radius 3 is 2.24 bits per heavy atom. The van der Waals surface area contributed by atoms with E-state index in [1.807, 2.05) is 0 Å². The number of para-hydroxylation sites is 2. The molecule has 0 bridgehead atoms. The molecule has 8 heteroatoms. The van der Waals surface area contributed by atoms with Crippen molar-refractivity contribution >= 4 is 50.2 Å². The minimum absolute atomic E-state index is 0.200. The summed E-state index contributed by atoms with van der Waals surface area (Å²) in [6.07, 6.45) is 0. The van der Waals surface area contributed by atoms with E-state index in [4.69, 9.17) is 11.6 Å². The Balaban J connectivity index is 1.84. The lowest BCUT2D eigenvalue weighted by Crippen LogP contribution is -2.16. The SMILES string of the molecule is O=C(Nc1ccccc1NS(=O)(=O)c1cccs1)c1ccc(Cl)cc1. The van der Waals surface area contributed by atoms with Crippen LogP contribution < -0.4 is 10.0 Å². The molecular weight excluding hydrogens is 380 g/mol. The molecule has 0 aliphatic heterocycles. The van der Waals surface area contributed by atoms with E-state index in [1.165, 1.54) is 6.07 Å². The first-order valence-electron chi connectivity index (χ1n) is 7.18. The molecule has 2 aromatic carbocycles. The lowest BCUT2D eigenvalue weighted by atomic mass is 10.2. The van der Waals surface area contributed by atoms with Crippen molar-refractivity contribution in [2.75, 3.05) is 10.0 Å². The standard InChI is InChI=1S/C17H13ClN2O3S2/c18-13-9-7-12(8-10-13)17(21)19-14-4-1-2-5-15(14)20-25(22,23)16-6-3-11-24-16/h1-11,20H,(H,19,21). The molecule has 0 spiro atoms. The van der Waals surface area contributed by atoms with E-state index in [9.17, 15) is 13.2 Å². The summed E-state index contributed by atoms with van der Waals surface area (Å²) in [4.78, 5) is 12.3. The number of carbonyl (C=O) groups excluding carboxylic acids is 1. The van der Waals surface area contributed by atoms with Crippen LogP contribution in [0.2, 0.25) is 5.02 Å². The summed E-state index contributed by atoms with van der Waals surface area (Å²) in [5.41, 5.74) is 1.07. The summed E-state index contributed by atoms with van der Waals surface area (Å²) in [5, 5.41) is 4.92. The monoisotopic (exact) mass is 392 g/mol. The van der Waals surface area contributed by atoms with Crippen molar-refractivity contribution in [1.29, 1.82) is 0 Å². The Kier molecular flexibility index (Phi) is 5.08. The van der Waals surface area contributed by atoms with Crippen LogP contribution in [0.4, 0.5) is 11.4 Å². The quantitative estimate of drug-likeness (QED) is 0.673. The van der Waals surface area contributed by atoms with Gasteiger partial charge in [-0.3, -0.25) is 9.52 Å². The maximum Gasteiger partial charge on any atom is 0.271 e. The highest BCUT2D eigenvalue weighted by molar-refractivity contribution is 7.94. The number of nitrogens with one attached hydrogen (secondary N) is 2. The van der Waals surface area contributed by atoms with Crippen molar-refractivity contribution < 1.29 is 13.2 Å². The van der Waals surface area contributed by atoms with Crippen molar-refractivity contribution in [2.45, 2.75) is 4.21 Å². The molecule has 1 amide bonds. The molecule has 0 aliphatic rings. The highest BCUT2D eigenvalue weighted by atomic mass is 35.5. The van der Waals surface area contributed by atoms with E-state index in [1.54, 1.807) is 60.0 Å². The molecule has 1 aromatic heterocycles. The van der Waals surface area contributed by atoms with Crippen LogP contribution in [0, 0.1) is 0 Å². The number of thiophene rings is 1. The molecule has 0 saturated heterocycles. The van der Waals surface area contributed by atoms with Gasteiger partial charge < -0.3 is 5.32 Å². The van der Waals surface area contributed by atoms with E-state index in [-0.39, 0.29) is 10.1 Å². The fraction of sp³-hybridized carbons (Fsp3) is 0. The molecule has 1 heterocycles. The average molecular weight is 393 g/mol. The molecule has 25 heavy (non-hydrogen) atoms. The molecule has 2 N–H and O–H groups in total. The maximum atomic E-state index is 12.4. The topological polar surface area (TPSA) is 75.3 Å². The third kappa shape index (κ3) is 4.19. The average Bonchev–Trinajstić information content (AvgIpc) is 3.12. The number of carbonyl (C=O) groups is 1. The molecule has 128 valence electrons. The summed E-state index contributed by atoms with van der Waals surface area (Å²) in [6.45, 7) is 0. The van der Waals surface area contributed by atoms with Crippen molar-refractivity contribution in [3.8, 4) is 0 Å². The lowest BCUT2D eigenvalue weighted by molar-refractivity contribution is 0.102. The Morgan fingerprint density at radius 1 is 0.920 bits per heavy atom. The third-order valence-corrected chi connectivity index (χ3v) is 6.30. The van der Waals surface area contributed by atoms with Crippen molar-refractivity contribution in [3.05, 3.63) is 76.6 Å². The van der Waals surface area contributed by atoms with Gasteiger partial charge in [0.1, 0.15) is 4.21 Å². The van der Waals surface area contributed by atoms with Crippen LogP contribution in [0.25, 0.3) is 0 Å². The van der Waals surface area contributed by atoms with Gasteiger partial charge in [-0.25, -0.2) is 8.42 Å². The number of halogens is 1. The van der Waals surface area contributed by atoms with Crippen molar-refractivity contribution in [3.63, 3.8) is 0 Å². The minimum atomic E-state index is -3.70. The van der Waals surface area contributed by atoms with Crippen molar-refractivity contribution in [2.24, 2.45) is 0 Å². The first-order valence-corrected chi connectivity index (χ1v) is 9.92. The van der Waals surface area contributed by atoms with Crippen LogP contribution in [0.15, 0.2) is 70.3 Å². The third-order valence-electron chi connectivity index (χ3n) is 3.29. The fourth-order valence-corrected chi connectivity index (χ4v) is 4.29. The van der Waals surface area contributed by atoms with Gasteiger partial charge in [0.2, 0.25) is 0 Å². The zero-order valence-corrected chi connectivity index (χ0v) is 15.2. The summed E-state index contributed by atoms with van der Waals surface area (Å²) >= 11 is 6.93. The van der Waals surface area contributed by atoms with E-state index < -0.39 is 10.0 Å². The number of anilines is 2. The molecular formula is C17H13ClN2O3S2. The summed E-state index contributed by atoms with van der Waals surface area (Å²) in [6, 6.07) is 16.2. The molecule has 0 unspecified atom stereocenters. The second-order valence-corrected chi connectivity index (χ2v) is 8.34. The summed E-state index contributed by atoms with van der Waals surface area (Å²) in [5.74, 6) is -0.362. The Bertz CT molecular complexity index is 985. The van der Waals surface area contributed by atoms with Gasteiger partial charge in [0.25, 0.3) is 15.9 Å². The molecule has 3 aromatic rings. The van der Waals surface area contributed by atoms with Gasteiger partial charge in [-0.1, -0.05) is 29.8 Å². The zero-order valence-electron chi connectivity index (χ0n) is 12.8.